The van der Waals surface area contributed by atoms with Crippen LogP contribution in [0.25, 0.3) is 10.9 Å². The first kappa shape index (κ1) is 18.2. The predicted molar refractivity (Wildman–Crippen MR) is 93.6 cm³/mol. The number of ketones is 1. The van der Waals surface area contributed by atoms with Crippen molar-refractivity contribution in [1.82, 2.24) is 10.3 Å². The van der Waals surface area contributed by atoms with Crippen LogP contribution in [-0.2, 0) is 0 Å². The molecule has 0 radical (unpaired) electrons. The number of rotatable bonds is 4. The highest BCUT2D eigenvalue weighted by Gasteiger charge is 2.22. The number of aromatic amines is 1. The first-order chi connectivity index (χ1) is 12.3. The van der Waals surface area contributed by atoms with E-state index in [1.807, 2.05) is 0 Å². The second kappa shape index (κ2) is 6.95. The Labute approximate surface area is 154 Å². The monoisotopic (exact) mass is 424 g/mol. The largest absolute Gasteiger partial charge is 0.350 e. The lowest BCUT2D eigenvalue weighted by molar-refractivity contribution is 0.0861. The van der Waals surface area contributed by atoms with Gasteiger partial charge in [0.05, 0.1) is 16.1 Å². The van der Waals surface area contributed by atoms with Crippen LogP contribution in [0.5, 0.6) is 0 Å². The van der Waals surface area contributed by atoms with Gasteiger partial charge in [0, 0.05) is 17.0 Å². The summed E-state index contributed by atoms with van der Waals surface area (Å²) in [6, 6.07) is 5.93. The molecule has 4 nitrogen and oxygen atoms in total. The number of nitrogens with one attached hydrogen (secondary N) is 2. The molecule has 0 aliphatic rings. The molecule has 1 atom stereocenters. The van der Waals surface area contributed by atoms with Crippen LogP contribution in [0.4, 0.5) is 13.2 Å². The average molecular weight is 425 g/mol. The van der Waals surface area contributed by atoms with Gasteiger partial charge in [-0.05, 0) is 53.2 Å². The number of H-pyrrole nitrogens is 1. The first-order valence-corrected chi connectivity index (χ1v) is 8.34. The molecule has 1 heterocycles. The summed E-state index contributed by atoms with van der Waals surface area (Å²) < 4.78 is 41.0. The lowest BCUT2D eigenvalue weighted by Gasteiger charge is -2.12. The van der Waals surface area contributed by atoms with Gasteiger partial charge in [-0.25, -0.2) is 13.2 Å². The van der Waals surface area contributed by atoms with Gasteiger partial charge in [-0.3, -0.25) is 9.59 Å². The van der Waals surface area contributed by atoms with E-state index in [-0.39, 0.29) is 21.1 Å². The van der Waals surface area contributed by atoms with Crippen molar-refractivity contribution in [2.75, 3.05) is 0 Å². The van der Waals surface area contributed by atoms with Crippen LogP contribution < -0.4 is 5.32 Å². The molecule has 0 bridgehead atoms. The van der Waals surface area contributed by atoms with Gasteiger partial charge in [0.2, 0.25) is 0 Å². The predicted octanol–water partition coefficient (Wildman–Crippen LogP) is 4.35. The number of carbonyl (C=O) groups is 2. The fraction of sp³-hybridized carbons (Fsp3) is 0.111. The molecule has 2 aromatic carbocycles. The Hall–Kier alpha value is -2.61. The van der Waals surface area contributed by atoms with Crippen molar-refractivity contribution in [3.8, 4) is 0 Å². The fourth-order valence-corrected chi connectivity index (χ4v) is 2.87. The van der Waals surface area contributed by atoms with Crippen LogP contribution in [0.2, 0.25) is 0 Å². The fourth-order valence-electron chi connectivity index (χ4n) is 2.53. The van der Waals surface area contributed by atoms with Gasteiger partial charge in [-0.2, -0.15) is 0 Å². The number of hydrogen-bond acceptors (Lipinski definition) is 2. The smallest absolute Gasteiger partial charge is 0.268 e. The van der Waals surface area contributed by atoms with E-state index < -0.39 is 35.2 Å². The Morgan fingerprint density at radius 2 is 1.85 bits per heavy atom. The second-order valence-corrected chi connectivity index (χ2v) is 6.54. The van der Waals surface area contributed by atoms with E-state index in [0.29, 0.717) is 11.6 Å². The maximum atomic E-state index is 14.0. The molecule has 0 saturated carbocycles. The molecular weight excluding hydrogens is 413 g/mol. The third-order valence-corrected chi connectivity index (χ3v) is 4.49. The zero-order valence-corrected chi connectivity index (χ0v) is 15.0. The van der Waals surface area contributed by atoms with E-state index in [4.69, 9.17) is 0 Å². The number of aromatic nitrogens is 1. The lowest BCUT2D eigenvalue weighted by atomic mass is 10.0. The summed E-state index contributed by atoms with van der Waals surface area (Å²) in [6.07, 6.45) is 0. The molecule has 0 fully saturated rings. The van der Waals surface area contributed by atoms with E-state index >= 15 is 0 Å². The van der Waals surface area contributed by atoms with Gasteiger partial charge in [0.25, 0.3) is 5.91 Å². The van der Waals surface area contributed by atoms with Gasteiger partial charge in [0.1, 0.15) is 23.1 Å². The SMILES string of the molecule is CC(NC(=O)c1cc2c(F)c(Br)ccc2[nH]1)C(=O)c1ccc(F)cc1F. The van der Waals surface area contributed by atoms with Gasteiger partial charge in [-0.1, -0.05) is 0 Å². The topological polar surface area (TPSA) is 62.0 Å². The molecule has 0 aliphatic carbocycles. The summed E-state index contributed by atoms with van der Waals surface area (Å²) >= 11 is 3.06. The number of amides is 1. The Morgan fingerprint density at radius 1 is 1.12 bits per heavy atom. The van der Waals surface area contributed by atoms with E-state index in [0.717, 1.165) is 12.1 Å². The van der Waals surface area contributed by atoms with E-state index in [1.165, 1.54) is 19.1 Å². The molecule has 134 valence electrons. The van der Waals surface area contributed by atoms with Crippen LogP contribution in [0.15, 0.2) is 40.9 Å². The summed E-state index contributed by atoms with van der Waals surface area (Å²) in [7, 11) is 0. The normalized spacial score (nSPS) is 12.2. The third-order valence-electron chi connectivity index (χ3n) is 3.87. The third kappa shape index (κ3) is 3.37. The zero-order valence-electron chi connectivity index (χ0n) is 13.4. The molecule has 1 aromatic heterocycles. The van der Waals surface area contributed by atoms with Crippen molar-refractivity contribution in [2.24, 2.45) is 0 Å². The number of halogens is 4. The number of carbonyl (C=O) groups excluding carboxylic acids is 2. The van der Waals surface area contributed by atoms with Crippen LogP contribution in [0, 0.1) is 17.5 Å². The van der Waals surface area contributed by atoms with Crippen molar-refractivity contribution in [1.29, 1.82) is 0 Å². The molecule has 8 heteroatoms. The summed E-state index contributed by atoms with van der Waals surface area (Å²) in [5.74, 6) is -3.69. The molecule has 3 rings (SSSR count). The maximum absolute atomic E-state index is 14.0. The van der Waals surface area contributed by atoms with Crippen LogP contribution >= 0.6 is 15.9 Å². The minimum absolute atomic E-state index is 0.0521. The van der Waals surface area contributed by atoms with Crippen LogP contribution in [0.1, 0.15) is 27.8 Å². The average Bonchev–Trinajstić information content (AvgIpc) is 3.03. The van der Waals surface area contributed by atoms with Gasteiger partial charge >= 0.3 is 0 Å². The standard InChI is InChI=1S/C18H12BrF3N2O2/c1-8(17(25)10-3-2-9(20)6-13(10)21)23-18(26)15-7-11-14(24-15)5-4-12(19)16(11)22/h2-8,24H,1H3,(H,23,26). The molecule has 0 saturated heterocycles. The lowest BCUT2D eigenvalue weighted by Crippen LogP contribution is -2.39. The first-order valence-electron chi connectivity index (χ1n) is 7.54. The Morgan fingerprint density at radius 3 is 2.54 bits per heavy atom. The summed E-state index contributed by atoms with van der Waals surface area (Å²) in [5, 5.41) is 2.63. The van der Waals surface area contributed by atoms with Crippen molar-refractivity contribution in [2.45, 2.75) is 13.0 Å². The highest BCUT2D eigenvalue weighted by atomic mass is 79.9. The summed E-state index contributed by atoms with van der Waals surface area (Å²) in [4.78, 5) is 27.3. The Bertz CT molecular complexity index is 1030. The van der Waals surface area contributed by atoms with Gasteiger partial charge in [-0.15, -0.1) is 0 Å². The molecule has 1 unspecified atom stereocenters. The molecule has 1 amide bonds. The van der Waals surface area contributed by atoms with Crippen LogP contribution in [0.3, 0.4) is 0 Å². The molecule has 3 aromatic rings. The van der Waals surface area contributed by atoms with E-state index in [9.17, 15) is 22.8 Å². The number of hydrogen-bond donors (Lipinski definition) is 2. The number of fused-ring (bicyclic) bond motifs is 1. The molecular formula is C18H12BrF3N2O2. The molecule has 2 N–H and O–H groups in total. The maximum Gasteiger partial charge on any atom is 0.268 e. The molecule has 0 spiro atoms. The van der Waals surface area contributed by atoms with Crippen molar-refractivity contribution >= 4 is 38.5 Å². The zero-order chi connectivity index (χ0) is 19.0. The summed E-state index contributed by atoms with van der Waals surface area (Å²) in [6.45, 7) is 1.38. The minimum Gasteiger partial charge on any atom is -0.350 e. The summed E-state index contributed by atoms with van der Waals surface area (Å²) in [5.41, 5.74) is 0.140. The quantitative estimate of drug-likeness (QED) is 0.611. The van der Waals surface area contributed by atoms with E-state index in [1.54, 1.807) is 6.07 Å². The number of benzene rings is 2. The molecule has 0 aliphatic heterocycles. The highest BCUT2D eigenvalue weighted by Crippen LogP contribution is 2.25. The number of Topliss-reactive ketones (excluding diaryl/α,β-unsaturated/α-hetero) is 1. The van der Waals surface area contributed by atoms with Gasteiger partial charge < -0.3 is 10.3 Å². The van der Waals surface area contributed by atoms with Crippen molar-refractivity contribution in [3.05, 3.63) is 69.6 Å². The van der Waals surface area contributed by atoms with Gasteiger partial charge in [0.15, 0.2) is 5.78 Å². The highest BCUT2D eigenvalue weighted by molar-refractivity contribution is 9.10. The Balaban J connectivity index is 1.81. The Kier molecular flexibility index (Phi) is 4.86. The van der Waals surface area contributed by atoms with Crippen molar-refractivity contribution in [3.63, 3.8) is 0 Å². The van der Waals surface area contributed by atoms with E-state index in [2.05, 4.69) is 26.2 Å². The van der Waals surface area contributed by atoms with Crippen molar-refractivity contribution < 1.29 is 22.8 Å². The molecule has 26 heavy (non-hydrogen) atoms. The minimum atomic E-state index is -1.06. The van der Waals surface area contributed by atoms with Crippen LogP contribution in [-0.4, -0.2) is 22.7 Å². The second-order valence-electron chi connectivity index (χ2n) is 5.69.